The molecule has 0 saturated heterocycles. The predicted octanol–water partition coefficient (Wildman–Crippen LogP) is -6.58. The summed E-state index contributed by atoms with van der Waals surface area (Å²) >= 11 is 0. The Morgan fingerprint density at radius 3 is 1.00 bits per heavy atom. The Bertz CT molecular complexity index is 171. The van der Waals surface area contributed by atoms with Gasteiger partial charge in [0.15, 0.2) is 0 Å². The van der Waals surface area contributed by atoms with Gasteiger partial charge in [0.05, 0.1) is 0 Å². The van der Waals surface area contributed by atoms with Crippen molar-refractivity contribution in [3.63, 3.8) is 0 Å². The second kappa shape index (κ2) is 11.9. The SMILES string of the molecule is O=P(O)(O)OP(=O)(O)O.[H-].[H-].[Na+].[Na+].[V].[V]. The van der Waals surface area contributed by atoms with Crippen LogP contribution in [0.5, 0.6) is 0 Å². The third-order valence-corrected chi connectivity index (χ3v) is 1.91. The van der Waals surface area contributed by atoms with Crippen molar-refractivity contribution in [3.05, 3.63) is 0 Å². The number of hydrogen-bond donors (Lipinski definition) is 4. The van der Waals surface area contributed by atoms with Gasteiger partial charge in [-0.1, -0.05) is 0 Å². The average Bonchev–Trinajstić information content (AvgIpc) is 1.14. The Labute approximate surface area is 146 Å². The molecule has 0 aromatic heterocycles. The molecule has 0 spiro atoms. The number of phosphoric acid groups is 2. The summed E-state index contributed by atoms with van der Waals surface area (Å²) in [6.07, 6.45) is 0. The van der Waals surface area contributed by atoms with Gasteiger partial charge in [-0.25, -0.2) is 9.13 Å². The van der Waals surface area contributed by atoms with Crippen LogP contribution in [-0.2, 0) is 50.6 Å². The monoisotopic (exact) mass is 328 g/mol. The average molecular weight is 328 g/mol. The zero-order chi connectivity index (χ0) is 7.71. The minimum absolute atomic E-state index is 0. The minimum Gasteiger partial charge on any atom is -1.00 e. The van der Waals surface area contributed by atoms with Crippen molar-refractivity contribution in [1.82, 2.24) is 0 Å². The normalized spacial score (nSPS) is 9.54. The van der Waals surface area contributed by atoms with Gasteiger partial charge in [-0.2, -0.15) is 4.31 Å². The van der Waals surface area contributed by atoms with Crippen LogP contribution in [0.1, 0.15) is 2.85 Å². The van der Waals surface area contributed by atoms with Crippen molar-refractivity contribution >= 4 is 15.6 Å². The molecule has 0 aromatic carbocycles. The predicted molar refractivity (Wildman–Crippen MR) is 27.4 cm³/mol. The van der Waals surface area contributed by atoms with Gasteiger partial charge in [-0.05, 0) is 0 Å². The molecular weight excluding hydrogens is 322 g/mol. The first-order valence-electron chi connectivity index (χ1n) is 1.53. The molecule has 0 aliphatic heterocycles. The van der Waals surface area contributed by atoms with Crippen LogP contribution in [0.2, 0.25) is 0 Å². The Kier molecular flexibility index (Phi) is 27.4. The first-order valence-corrected chi connectivity index (χ1v) is 4.59. The van der Waals surface area contributed by atoms with Gasteiger partial charge in [-0.15, -0.1) is 0 Å². The Balaban J connectivity index is -0.0000000213. The molecule has 7 nitrogen and oxygen atoms in total. The summed E-state index contributed by atoms with van der Waals surface area (Å²) in [4.78, 5) is 31.0. The van der Waals surface area contributed by atoms with E-state index < -0.39 is 15.6 Å². The first-order chi connectivity index (χ1) is 3.71. The molecule has 0 heterocycles. The Hall–Kier alpha value is 3.43. The molecule has 0 aliphatic rings. The van der Waals surface area contributed by atoms with Crippen LogP contribution < -0.4 is 59.1 Å². The Morgan fingerprint density at radius 2 is 1.00 bits per heavy atom. The molecule has 70 valence electrons. The molecule has 13 heavy (non-hydrogen) atoms. The zero-order valence-corrected chi connectivity index (χ0v) is 15.4. The van der Waals surface area contributed by atoms with Gasteiger partial charge in [0.25, 0.3) is 0 Å². The zero-order valence-electron chi connectivity index (χ0n) is 8.80. The van der Waals surface area contributed by atoms with Crippen LogP contribution in [-0.4, -0.2) is 19.6 Å². The first kappa shape index (κ1) is 29.9. The van der Waals surface area contributed by atoms with E-state index in [0.29, 0.717) is 0 Å². The number of rotatable bonds is 2. The van der Waals surface area contributed by atoms with Crippen LogP contribution in [0.25, 0.3) is 0 Å². The molecule has 0 atom stereocenters. The van der Waals surface area contributed by atoms with Gasteiger partial charge >= 0.3 is 74.8 Å². The smallest absolute Gasteiger partial charge is 1.00 e. The fourth-order valence-electron chi connectivity index (χ4n) is 0.139. The maximum Gasteiger partial charge on any atom is 1.00 e. The molecule has 0 unspecified atom stereocenters. The molecule has 4 N–H and O–H groups in total. The van der Waals surface area contributed by atoms with E-state index in [1.165, 1.54) is 0 Å². The van der Waals surface area contributed by atoms with Crippen molar-refractivity contribution in [2.24, 2.45) is 0 Å². The maximum atomic E-state index is 9.63. The molecule has 0 aliphatic carbocycles. The number of hydrogen-bond acceptors (Lipinski definition) is 3. The van der Waals surface area contributed by atoms with Gasteiger partial charge in [-0.3, -0.25) is 0 Å². The van der Waals surface area contributed by atoms with E-state index in [1.807, 2.05) is 0 Å². The second-order valence-corrected chi connectivity index (χ2v) is 3.68. The fraction of sp³-hybridized carbons (Fsp3) is 0. The van der Waals surface area contributed by atoms with E-state index in [9.17, 15) is 9.13 Å². The maximum absolute atomic E-state index is 9.63. The van der Waals surface area contributed by atoms with E-state index >= 15 is 0 Å². The van der Waals surface area contributed by atoms with E-state index in [1.54, 1.807) is 0 Å². The Morgan fingerprint density at radius 1 is 0.846 bits per heavy atom. The van der Waals surface area contributed by atoms with Gasteiger partial charge in [0.1, 0.15) is 0 Å². The minimum atomic E-state index is -5.05. The van der Waals surface area contributed by atoms with Crippen LogP contribution in [0.4, 0.5) is 0 Å². The quantitative estimate of drug-likeness (QED) is 0.293. The summed E-state index contributed by atoms with van der Waals surface area (Å²) in [5.41, 5.74) is 0. The molecule has 0 bridgehead atoms. The summed E-state index contributed by atoms with van der Waals surface area (Å²) in [6, 6.07) is 0. The summed E-state index contributed by atoms with van der Waals surface area (Å²) in [5, 5.41) is 0. The molecule has 0 rings (SSSR count). The summed E-state index contributed by atoms with van der Waals surface area (Å²) in [6.45, 7) is 0. The van der Waals surface area contributed by atoms with Crippen LogP contribution >= 0.6 is 15.6 Å². The molecule has 0 amide bonds. The van der Waals surface area contributed by atoms with Crippen molar-refractivity contribution < 1.29 is 132 Å². The van der Waals surface area contributed by atoms with Crippen molar-refractivity contribution in [2.45, 2.75) is 0 Å². The largest absolute Gasteiger partial charge is 1.00 e. The molecule has 0 saturated carbocycles. The molecule has 2 radical (unpaired) electrons. The van der Waals surface area contributed by atoms with Crippen LogP contribution in [0.15, 0.2) is 0 Å². The molecule has 0 fully saturated rings. The van der Waals surface area contributed by atoms with Crippen molar-refractivity contribution in [3.8, 4) is 0 Å². The van der Waals surface area contributed by atoms with Gasteiger partial charge in [0.2, 0.25) is 0 Å². The van der Waals surface area contributed by atoms with Gasteiger partial charge in [0, 0.05) is 37.1 Å². The molecular formula is H6Na2O7P2V2. The van der Waals surface area contributed by atoms with E-state index in [2.05, 4.69) is 4.31 Å². The van der Waals surface area contributed by atoms with Crippen LogP contribution in [0, 0.1) is 0 Å². The van der Waals surface area contributed by atoms with E-state index in [0.717, 1.165) is 0 Å². The van der Waals surface area contributed by atoms with Crippen molar-refractivity contribution in [1.29, 1.82) is 0 Å². The molecule has 13 heteroatoms. The van der Waals surface area contributed by atoms with Gasteiger partial charge < -0.3 is 22.4 Å². The topological polar surface area (TPSA) is 124 Å². The van der Waals surface area contributed by atoms with Crippen LogP contribution in [0.3, 0.4) is 0 Å². The van der Waals surface area contributed by atoms with E-state index in [-0.39, 0.29) is 99.1 Å². The standard InChI is InChI=1S/2Na.H4O7P2.2V.2H/c;;1-8(2,3)7-9(4,5)6;;;;/h;;(H2,1,2,3)(H2,4,5,6);;;;/q2*+1;;;;2*-1. The summed E-state index contributed by atoms with van der Waals surface area (Å²) < 4.78 is 22.2. The fourth-order valence-corrected chi connectivity index (χ4v) is 1.25. The third kappa shape index (κ3) is 31.3. The second-order valence-electron chi connectivity index (χ2n) is 1.06. The summed E-state index contributed by atoms with van der Waals surface area (Å²) in [7, 11) is -10.1. The van der Waals surface area contributed by atoms with E-state index in [4.69, 9.17) is 19.6 Å². The van der Waals surface area contributed by atoms with Crippen molar-refractivity contribution in [2.75, 3.05) is 0 Å². The molecule has 0 aromatic rings. The summed E-state index contributed by atoms with van der Waals surface area (Å²) in [5.74, 6) is 0. The third-order valence-electron chi connectivity index (χ3n) is 0.213.